The van der Waals surface area contributed by atoms with E-state index in [1.807, 2.05) is 0 Å². The van der Waals surface area contributed by atoms with Gasteiger partial charge in [0, 0.05) is 0 Å². The van der Waals surface area contributed by atoms with Crippen molar-refractivity contribution in [3.63, 3.8) is 0 Å². The van der Waals surface area contributed by atoms with E-state index >= 15 is 0 Å². The first-order chi connectivity index (χ1) is 2.93. The zero-order chi connectivity index (χ0) is 4.41. The molecule has 0 unspecified atom stereocenters. The summed E-state index contributed by atoms with van der Waals surface area (Å²) in [5, 5.41) is 6.02. The van der Waals surface area contributed by atoms with Crippen LogP contribution in [-0.2, 0) is 0 Å². The van der Waals surface area contributed by atoms with Crippen LogP contribution in [0.5, 0.6) is 0 Å². The van der Waals surface area contributed by atoms with Gasteiger partial charge < -0.3 is 0 Å². The number of alkyl halides is 1. The van der Waals surface area contributed by atoms with Crippen LogP contribution in [0.3, 0.4) is 0 Å². The van der Waals surface area contributed by atoms with E-state index in [4.69, 9.17) is 0 Å². The molecule has 6 heavy (non-hydrogen) atoms. The first kappa shape index (κ1) is 5.14. The zero-order valence-electron chi connectivity index (χ0n) is 3.61. The van der Waals surface area contributed by atoms with Crippen molar-refractivity contribution in [2.24, 2.45) is 0 Å². The summed E-state index contributed by atoms with van der Waals surface area (Å²) in [6, 6.07) is 0. The Balaban J connectivity index is 1.88. The van der Waals surface area contributed by atoms with Gasteiger partial charge in [-0.15, -0.1) is 0 Å². The van der Waals surface area contributed by atoms with Gasteiger partial charge in [0.15, 0.2) is 0 Å². The van der Waals surface area contributed by atoms with Crippen LogP contribution in [0.15, 0.2) is 0 Å². The summed E-state index contributed by atoms with van der Waals surface area (Å²) in [5.74, 6) is 0. The molecule has 1 fully saturated rings. The fraction of sp³-hybridized carbons (Fsp3) is 1.00. The molecule has 0 saturated carbocycles. The van der Waals surface area contributed by atoms with Crippen LogP contribution in [-0.4, -0.2) is 19.2 Å². The van der Waals surface area contributed by atoms with Gasteiger partial charge in [0.05, 0.1) is 0 Å². The van der Waals surface area contributed by atoms with Crippen LogP contribution in [0.1, 0.15) is 0 Å². The third-order valence-corrected chi connectivity index (χ3v) is 6.14. The fourth-order valence-corrected chi connectivity index (χ4v) is 5.60. The van der Waals surface area contributed by atoms with Crippen molar-refractivity contribution in [2.75, 3.05) is 5.33 Å². The van der Waals surface area contributed by atoms with E-state index < -0.39 is 0 Å². The molecule has 2 heteroatoms. The number of rotatable bonds is 2. The van der Waals surface area contributed by atoms with Gasteiger partial charge in [0.1, 0.15) is 0 Å². The molecular formula is C4H8BrSe+. The molecule has 0 radical (unpaired) electrons. The molecule has 0 aromatic carbocycles. The van der Waals surface area contributed by atoms with Gasteiger partial charge in [0.2, 0.25) is 0 Å². The van der Waals surface area contributed by atoms with E-state index in [0.717, 1.165) is 0 Å². The van der Waals surface area contributed by atoms with E-state index in [2.05, 4.69) is 15.9 Å². The van der Waals surface area contributed by atoms with Crippen LogP contribution >= 0.6 is 15.9 Å². The van der Waals surface area contributed by atoms with Crippen LogP contribution in [0, 0.1) is 0 Å². The van der Waals surface area contributed by atoms with Gasteiger partial charge in [-0.1, -0.05) is 0 Å². The third-order valence-electron chi connectivity index (χ3n) is 0.859. The Morgan fingerprint density at radius 1 is 1.50 bits per heavy atom. The third kappa shape index (κ3) is 1.63. The Labute approximate surface area is 51.3 Å². The summed E-state index contributed by atoms with van der Waals surface area (Å²) < 4.78 is 0. The average molecular weight is 215 g/mol. The molecule has 0 spiro atoms. The maximum absolute atomic E-state index is 3.42. The Morgan fingerprint density at radius 3 is 2.33 bits per heavy atom. The Hall–Kier alpha value is 0.999. The second kappa shape index (κ2) is 2.34. The monoisotopic (exact) mass is 215 g/mol. The standard InChI is InChI=1S/C4H8BrSe/c5-1-2-6-3-4-6/h1-4H2/q+1. The Bertz CT molecular complexity index is 42.8. The average Bonchev–Trinajstić information content (AvgIpc) is 2.21. The minimum atomic E-state index is 0.139. The molecule has 0 bridgehead atoms. The zero-order valence-corrected chi connectivity index (χ0v) is 6.91. The molecule has 0 nitrogen and oxygen atoms in total. The molecule has 1 aliphatic heterocycles. The van der Waals surface area contributed by atoms with E-state index in [9.17, 15) is 0 Å². The predicted octanol–water partition coefficient (Wildman–Crippen LogP) is 1.89. The topological polar surface area (TPSA) is 0 Å². The Kier molecular flexibility index (Phi) is 2.01. The van der Waals surface area contributed by atoms with E-state index in [1.165, 1.54) is 10.6 Å². The van der Waals surface area contributed by atoms with Crippen molar-refractivity contribution >= 4 is 29.8 Å². The van der Waals surface area contributed by atoms with Crippen LogP contribution in [0.4, 0.5) is 0 Å². The molecule has 1 heterocycles. The summed E-state index contributed by atoms with van der Waals surface area (Å²) in [5.41, 5.74) is 0. The van der Waals surface area contributed by atoms with Crippen LogP contribution in [0.25, 0.3) is 0 Å². The number of halogens is 1. The summed E-state index contributed by atoms with van der Waals surface area (Å²) >= 11 is 3.56. The molecule has 36 valence electrons. The Morgan fingerprint density at radius 2 is 2.17 bits per heavy atom. The normalized spacial score (nSPS) is 21.5. The molecule has 1 saturated heterocycles. The quantitative estimate of drug-likeness (QED) is 0.487. The van der Waals surface area contributed by atoms with Gasteiger partial charge >= 0.3 is 51.1 Å². The molecule has 0 aromatic heterocycles. The fourth-order valence-electron chi connectivity index (χ4n) is 0.372. The number of hydrogen-bond acceptors (Lipinski definition) is 0. The summed E-state index contributed by atoms with van der Waals surface area (Å²) in [6.07, 6.45) is 0. The maximum atomic E-state index is 3.42. The van der Waals surface area contributed by atoms with Gasteiger partial charge in [-0.05, 0) is 0 Å². The van der Waals surface area contributed by atoms with Crippen molar-refractivity contribution in [1.29, 1.82) is 0 Å². The van der Waals surface area contributed by atoms with Crippen molar-refractivity contribution in [3.8, 4) is 0 Å². The second-order valence-corrected chi connectivity index (χ2v) is 7.35. The molecule has 0 amide bonds. The van der Waals surface area contributed by atoms with Crippen molar-refractivity contribution in [2.45, 2.75) is 16.0 Å². The molecular weight excluding hydrogens is 207 g/mol. The molecule has 1 aliphatic rings. The first-order valence-electron chi connectivity index (χ1n) is 2.13. The summed E-state index contributed by atoms with van der Waals surface area (Å²) in [7, 11) is 0. The predicted molar refractivity (Wildman–Crippen MR) is 34.0 cm³/mol. The summed E-state index contributed by atoms with van der Waals surface area (Å²) in [4.78, 5) is 0. The van der Waals surface area contributed by atoms with Gasteiger partial charge in [-0.2, -0.15) is 0 Å². The molecule has 1 rings (SSSR count). The van der Waals surface area contributed by atoms with Gasteiger partial charge in [0.25, 0.3) is 0 Å². The summed E-state index contributed by atoms with van der Waals surface area (Å²) in [6.45, 7) is 0. The van der Waals surface area contributed by atoms with Gasteiger partial charge in [-0.25, -0.2) is 0 Å². The molecule has 0 aromatic rings. The molecule has 0 N–H and O–H groups in total. The van der Waals surface area contributed by atoms with E-state index in [1.54, 1.807) is 10.6 Å². The van der Waals surface area contributed by atoms with Crippen molar-refractivity contribution < 1.29 is 0 Å². The van der Waals surface area contributed by atoms with Gasteiger partial charge in [-0.3, -0.25) is 0 Å². The van der Waals surface area contributed by atoms with Crippen molar-refractivity contribution in [3.05, 3.63) is 0 Å². The van der Waals surface area contributed by atoms with Crippen molar-refractivity contribution in [1.82, 2.24) is 0 Å². The molecule has 0 aliphatic carbocycles. The SMILES string of the molecule is BrCC[Se+]1CC1. The van der Waals surface area contributed by atoms with E-state index in [0.29, 0.717) is 0 Å². The number of hydrogen-bond donors (Lipinski definition) is 0. The first-order valence-corrected chi connectivity index (χ1v) is 6.89. The van der Waals surface area contributed by atoms with Crippen LogP contribution < -0.4 is 0 Å². The molecule has 0 atom stereocenters. The van der Waals surface area contributed by atoms with E-state index in [-0.39, 0.29) is 13.9 Å². The second-order valence-electron chi connectivity index (χ2n) is 1.41. The van der Waals surface area contributed by atoms with Crippen LogP contribution in [0.2, 0.25) is 16.0 Å². The minimum absolute atomic E-state index is 0.139.